The molecule has 0 bridgehead atoms. The minimum absolute atomic E-state index is 0.197. The number of carbonyl (C=O) groups excluding carboxylic acids is 2. The molecule has 3 aromatic carbocycles. The highest BCUT2D eigenvalue weighted by molar-refractivity contribution is 6.04. The zero-order valence-electron chi connectivity index (χ0n) is 17.9. The molecule has 0 aliphatic rings. The highest BCUT2D eigenvalue weighted by atomic mass is 16.5. The molecule has 0 aliphatic heterocycles. The van der Waals surface area contributed by atoms with Gasteiger partial charge in [0.15, 0.2) is 6.61 Å². The summed E-state index contributed by atoms with van der Waals surface area (Å²) in [5.74, 6) is -0.0924. The third kappa shape index (κ3) is 5.65. The molecule has 1 atom stereocenters. The van der Waals surface area contributed by atoms with Crippen LogP contribution in [-0.4, -0.2) is 18.4 Å². The second-order valence-electron chi connectivity index (χ2n) is 7.48. The Hall–Kier alpha value is -4.39. The monoisotopic (exact) mass is 442 g/mol. The predicted octanol–water partition coefficient (Wildman–Crippen LogP) is 4.30. The number of ether oxygens (including phenoxy) is 1. The minimum Gasteiger partial charge on any atom is -0.484 e. The van der Waals surface area contributed by atoms with Crippen LogP contribution in [0.2, 0.25) is 0 Å². The predicted molar refractivity (Wildman–Crippen MR) is 125 cm³/mol. The van der Waals surface area contributed by atoms with Crippen molar-refractivity contribution in [2.75, 3.05) is 11.9 Å². The third-order valence-corrected chi connectivity index (χ3v) is 5.02. The summed E-state index contributed by atoms with van der Waals surface area (Å²) in [6, 6.07) is 24.0. The van der Waals surface area contributed by atoms with Gasteiger partial charge in [0.05, 0.1) is 6.04 Å². The Morgan fingerprint density at radius 2 is 1.73 bits per heavy atom. The molecule has 166 valence electrons. The fourth-order valence-corrected chi connectivity index (χ4v) is 3.32. The van der Waals surface area contributed by atoms with E-state index in [2.05, 4.69) is 10.6 Å². The molecule has 7 nitrogen and oxygen atoms in total. The number of nitrogens with one attached hydrogen (secondary N) is 2. The summed E-state index contributed by atoms with van der Waals surface area (Å²) < 4.78 is 10.7. The van der Waals surface area contributed by atoms with Gasteiger partial charge in [-0.05, 0) is 55.0 Å². The summed E-state index contributed by atoms with van der Waals surface area (Å²) in [7, 11) is 0. The fraction of sp³-hybridized carbons (Fsp3) is 0.115. The van der Waals surface area contributed by atoms with E-state index in [1.165, 1.54) is 6.07 Å². The van der Waals surface area contributed by atoms with Gasteiger partial charge in [0.1, 0.15) is 11.3 Å². The van der Waals surface area contributed by atoms with E-state index in [4.69, 9.17) is 9.15 Å². The highest BCUT2D eigenvalue weighted by Crippen LogP contribution is 2.20. The summed E-state index contributed by atoms with van der Waals surface area (Å²) in [5, 5.41) is 6.50. The molecule has 0 saturated heterocycles. The quantitative estimate of drug-likeness (QED) is 0.416. The van der Waals surface area contributed by atoms with Crippen LogP contribution in [0.25, 0.3) is 11.0 Å². The number of anilines is 1. The molecule has 1 unspecified atom stereocenters. The molecule has 2 amide bonds. The Bertz CT molecular complexity index is 1350. The molecule has 1 heterocycles. The number of benzene rings is 3. The number of fused-ring (bicyclic) bond motifs is 1. The number of rotatable bonds is 7. The van der Waals surface area contributed by atoms with Crippen molar-refractivity contribution in [2.24, 2.45) is 0 Å². The van der Waals surface area contributed by atoms with Crippen LogP contribution in [0.4, 0.5) is 5.69 Å². The Morgan fingerprint density at radius 3 is 2.55 bits per heavy atom. The van der Waals surface area contributed by atoms with Gasteiger partial charge in [-0.25, -0.2) is 4.79 Å². The van der Waals surface area contributed by atoms with Gasteiger partial charge >= 0.3 is 5.63 Å². The summed E-state index contributed by atoms with van der Waals surface area (Å²) in [6.45, 7) is 1.65. The van der Waals surface area contributed by atoms with Gasteiger partial charge in [0, 0.05) is 28.8 Å². The first-order chi connectivity index (χ1) is 16.0. The molecule has 33 heavy (non-hydrogen) atoms. The highest BCUT2D eigenvalue weighted by Gasteiger charge is 2.12. The molecule has 0 saturated carbocycles. The molecule has 0 radical (unpaired) electrons. The maximum absolute atomic E-state index is 12.4. The SMILES string of the molecule is CC(NC(=O)COc1ccc2ccc(=O)oc2c1)c1cccc(NC(=O)c2ccccc2)c1. The maximum atomic E-state index is 12.4. The molecule has 0 fully saturated rings. The first-order valence-corrected chi connectivity index (χ1v) is 10.4. The average molecular weight is 442 g/mol. The summed E-state index contributed by atoms with van der Waals surface area (Å²) >= 11 is 0. The zero-order chi connectivity index (χ0) is 23.2. The zero-order valence-corrected chi connectivity index (χ0v) is 17.9. The van der Waals surface area contributed by atoms with Gasteiger partial charge < -0.3 is 19.8 Å². The van der Waals surface area contributed by atoms with Crippen molar-refractivity contribution in [3.63, 3.8) is 0 Å². The molecular formula is C26H22N2O5. The van der Waals surface area contributed by atoms with Crippen LogP contribution in [0.1, 0.15) is 28.9 Å². The first kappa shape index (κ1) is 21.8. The van der Waals surface area contributed by atoms with Crippen molar-refractivity contribution in [1.82, 2.24) is 5.32 Å². The van der Waals surface area contributed by atoms with Gasteiger partial charge in [-0.1, -0.05) is 30.3 Å². The van der Waals surface area contributed by atoms with Crippen LogP contribution in [0.15, 0.2) is 94.1 Å². The van der Waals surface area contributed by atoms with E-state index in [0.717, 1.165) is 10.9 Å². The summed E-state index contributed by atoms with van der Waals surface area (Å²) in [4.78, 5) is 36.1. The Morgan fingerprint density at radius 1 is 0.939 bits per heavy atom. The van der Waals surface area contributed by atoms with Crippen LogP contribution in [0, 0.1) is 0 Å². The number of hydrogen-bond donors (Lipinski definition) is 2. The Labute approximate surface area is 190 Å². The van der Waals surface area contributed by atoms with Gasteiger partial charge in [-0.2, -0.15) is 0 Å². The van der Waals surface area contributed by atoms with Gasteiger partial charge in [-0.15, -0.1) is 0 Å². The van der Waals surface area contributed by atoms with Crippen LogP contribution in [0.5, 0.6) is 5.75 Å². The maximum Gasteiger partial charge on any atom is 0.336 e. The summed E-state index contributed by atoms with van der Waals surface area (Å²) in [6.07, 6.45) is 0. The minimum atomic E-state index is -0.451. The molecular weight excluding hydrogens is 420 g/mol. The molecule has 2 N–H and O–H groups in total. The van der Waals surface area contributed by atoms with E-state index >= 15 is 0 Å². The van der Waals surface area contributed by atoms with E-state index in [-0.39, 0.29) is 24.5 Å². The van der Waals surface area contributed by atoms with Crippen molar-refractivity contribution in [3.05, 3.63) is 106 Å². The van der Waals surface area contributed by atoms with Crippen LogP contribution in [0.3, 0.4) is 0 Å². The molecule has 7 heteroatoms. The van der Waals surface area contributed by atoms with E-state index in [1.807, 2.05) is 31.2 Å². The number of hydrogen-bond acceptors (Lipinski definition) is 5. The standard InChI is InChI=1S/C26H22N2O5/c1-17(20-8-5-9-21(14-20)28-26(31)19-6-3-2-4-7-19)27-24(29)16-32-22-12-10-18-11-13-25(30)33-23(18)15-22/h2-15,17H,16H2,1H3,(H,27,29)(H,28,31). The van der Waals surface area contributed by atoms with Gasteiger partial charge in [0.2, 0.25) is 0 Å². The normalized spacial score (nSPS) is 11.5. The number of amides is 2. The van der Waals surface area contributed by atoms with Gasteiger partial charge in [-0.3, -0.25) is 9.59 Å². The lowest BCUT2D eigenvalue weighted by molar-refractivity contribution is -0.123. The van der Waals surface area contributed by atoms with Crippen molar-refractivity contribution < 1.29 is 18.7 Å². The fourth-order valence-electron chi connectivity index (χ4n) is 3.32. The average Bonchev–Trinajstić information content (AvgIpc) is 2.83. The largest absolute Gasteiger partial charge is 0.484 e. The topological polar surface area (TPSA) is 97.6 Å². The lowest BCUT2D eigenvalue weighted by Gasteiger charge is -2.16. The van der Waals surface area contributed by atoms with Crippen molar-refractivity contribution in [2.45, 2.75) is 13.0 Å². The van der Waals surface area contributed by atoms with Crippen LogP contribution < -0.4 is 21.0 Å². The third-order valence-electron chi connectivity index (χ3n) is 5.02. The van der Waals surface area contributed by atoms with E-state index < -0.39 is 5.63 Å². The van der Waals surface area contributed by atoms with Crippen molar-refractivity contribution >= 4 is 28.5 Å². The molecule has 4 rings (SSSR count). The molecule has 1 aromatic heterocycles. The lowest BCUT2D eigenvalue weighted by atomic mass is 10.1. The summed E-state index contributed by atoms with van der Waals surface area (Å²) in [5.41, 5.74) is 1.98. The second kappa shape index (κ2) is 9.82. The van der Waals surface area contributed by atoms with Crippen molar-refractivity contribution in [1.29, 1.82) is 0 Å². The van der Waals surface area contributed by atoms with E-state index in [0.29, 0.717) is 22.6 Å². The van der Waals surface area contributed by atoms with Crippen molar-refractivity contribution in [3.8, 4) is 5.75 Å². The Kier molecular flexibility index (Phi) is 6.50. The Balaban J connectivity index is 1.34. The number of carbonyl (C=O) groups is 2. The molecule has 0 aliphatic carbocycles. The van der Waals surface area contributed by atoms with E-state index in [1.54, 1.807) is 54.6 Å². The van der Waals surface area contributed by atoms with Gasteiger partial charge in [0.25, 0.3) is 11.8 Å². The van der Waals surface area contributed by atoms with Crippen LogP contribution >= 0.6 is 0 Å². The van der Waals surface area contributed by atoms with Crippen LogP contribution in [-0.2, 0) is 4.79 Å². The second-order valence-corrected chi connectivity index (χ2v) is 7.48. The molecule has 4 aromatic rings. The smallest absolute Gasteiger partial charge is 0.336 e. The first-order valence-electron chi connectivity index (χ1n) is 10.4. The van der Waals surface area contributed by atoms with E-state index in [9.17, 15) is 14.4 Å². The molecule has 0 spiro atoms. The lowest BCUT2D eigenvalue weighted by Crippen LogP contribution is -2.31.